The second-order valence-corrected chi connectivity index (χ2v) is 6.33. The zero-order valence-corrected chi connectivity index (χ0v) is 15.2. The van der Waals surface area contributed by atoms with Crippen LogP contribution in [0.25, 0.3) is 0 Å². The molecule has 4 nitrogen and oxygen atoms in total. The molecule has 0 aliphatic heterocycles. The zero-order valence-electron chi connectivity index (χ0n) is 15.2. The molecule has 0 aromatic heterocycles. The third kappa shape index (κ3) is 16.2. The minimum atomic E-state index is -0.426. The molecule has 0 aromatic carbocycles. The smallest absolute Gasteiger partial charge is 0.0781 e. The van der Waals surface area contributed by atoms with Crippen LogP contribution in [0.15, 0.2) is 0 Å². The summed E-state index contributed by atoms with van der Waals surface area (Å²) < 4.78 is 16.8. The van der Waals surface area contributed by atoms with E-state index in [2.05, 4.69) is 6.92 Å². The van der Waals surface area contributed by atoms with Crippen LogP contribution in [0.5, 0.6) is 0 Å². The maximum Gasteiger partial charge on any atom is 0.0781 e. The maximum atomic E-state index is 9.14. The summed E-state index contributed by atoms with van der Waals surface area (Å²) in [6.07, 6.45) is 8.81. The Morgan fingerprint density at radius 3 is 1.91 bits per heavy atom. The van der Waals surface area contributed by atoms with Gasteiger partial charge in [-0.1, -0.05) is 45.4 Å². The van der Waals surface area contributed by atoms with Crippen molar-refractivity contribution in [2.45, 2.75) is 91.0 Å². The Morgan fingerprint density at radius 1 is 0.727 bits per heavy atom. The van der Waals surface area contributed by atoms with Crippen LogP contribution in [0, 0.1) is 0 Å². The summed E-state index contributed by atoms with van der Waals surface area (Å²) in [5.41, 5.74) is 0. The molecule has 0 amide bonds. The van der Waals surface area contributed by atoms with Crippen LogP contribution in [0.3, 0.4) is 0 Å². The Labute approximate surface area is 137 Å². The molecule has 0 saturated carbocycles. The van der Waals surface area contributed by atoms with Gasteiger partial charge < -0.3 is 19.3 Å². The van der Waals surface area contributed by atoms with Crippen LogP contribution in [-0.4, -0.2) is 49.8 Å². The van der Waals surface area contributed by atoms with Gasteiger partial charge in [-0.15, -0.1) is 0 Å². The molecule has 0 bridgehead atoms. The molecule has 0 saturated heterocycles. The molecular weight excluding hydrogens is 280 g/mol. The Morgan fingerprint density at radius 2 is 1.27 bits per heavy atom. The summed E-state index contributed by atoms with van der Waals surface area (Å²) in [5, 5.41) is 9.14. The van der Waals surface area contributed by atoms with Crippen molar-refractivity contribution in [3.8, 4) is 0 Å². The molecule has 4 heteroatoms. The highest BCUT2D eigenvalue weighted by molar-refractivity contribution is 4.54. The Kier molecular flexibility index (Phi) is 15.6. The lowest BCUT2D eigenvalue weighted by Crippen LogP contribution is -2.25. The van der Waals surface area contributed by atoms with E-state index in [1.165, 1.54) is 38.5 Å². The molecule has 0 aliphatic carbocycles. The Bertz CT molecular complexity index is 221. The largest absolute Gasteiger partial charge is 0.391 e. The normalized spacial score (nSPS) is 15.7. The molecule has 3 unspecified atom stereocenters. The summed E-state index contributed by atoms with van der Waals surface area (Å²) in [6, 6.07) is 0. The molecule has 22 heavy (non-hydrogen) atoms. The van der Waals surface area contributed by atoms with Gasteiger partial charge in [0, 0.05) is 6.61 Å². The zero-order chi connectivity index (χ0) is 16.6. The van der Waals surface area contributed by atoms with E-state index in [1.807, 2.05) is 13.8 Å². The molecule has 0 heterocycles. The number of ether oxygens (including phenoxy) is 3. The fraction of sp³-hybridized carbons (Fsp3) is 1.00. The lowest BCUT2D eigenvalue weighted by atomic mass is 10.1. The summed E-state index contributed by atoms with van der Waals surface area (Å²) in [7, 11) is 0. The summed E-state index contributed by atoms with van der Waals surface area (Å²) >= 11 is 0. The van der Waals surface area contributed by atoms with Gasteiger partial charge in [0.05, 0.1) is 38.1 Å². The Hall–Kier alpha value is -0.160. The van der Waals surface area contributed by atoms with Crippen molar-refractivity contribution in [2.75, 3.05) is 26.4 Å². The SMILES string of the molecule is CCCCCCCCCOCC(C)OCC(C)OCC(C)O. The van der Waals surface area contributed by atoms with E-state index in [4.69, 9.17) is 19.3 Å². The van der Waals surface area contributed by atoms with Crippen LogP contribution in [-0.2, 0) is 14.2 Å². The van der Waals surface area contributed by atoms with Crippen molar-refractivity contribution < 1.29 is 19.3 Å². The maximum absolute atomic E-state index is 9.14. The van der Waals surface area contributed by atoms with E-state index in [9.17, 15) is 0 Å². The molecule has 0 aromatic rings. The summed E-state index contributed by atoms with van der Waals surface area (Å²) in [6.45, 7) is 10.3. The number of hydrogen-bond acceptors (Lipinski definition) is 4. The Balaban J connectivity index is 3.30. The molecule has 0 rings (SSSR count). The van der Waals surface area contributed by atoms with Gasteiger partial charge in [-0.2, -0.15) is 0 Å². The molecule has 0 radical (unpaired) electrons. The predicted octanol–water partition coefficient (Wildman–Crippen LogP) is 3.94. The van der Waals surface area contributed by atoms with Crippen molar-refractivity contribution in [3.05, 3.63) is 0 Å². The summed E-state index contributed by atoms with van der Waals surface area (Å²) in [5.74, 6) is 0. The number of unbranched alkanes of at least 4 members (excludes halogenated alkanes) is 6. The second-order valence-electron chi connectivity index (χ2n) is 6.33. The van der Waals surface area contributed by atoms with Crippen LogP contribution in [0.1, 0.15) is 72.6 Å². The number of aliphatic hydroxyl groups is 1. The van der Waals surface area contributed by atoms with Crippen molar-refractivity contribution in [3.63, 3.8) is 0 Å². The van der Waals surface area contributed by atoms with Gasteiger partial charge in [-0.25, -0.2) is 0 Å². The van der Waals surface area contributed by atoms with Crippen LogP contribution >= 0.6 is 0 Å². The molecule has 0 aliphatic rings. The quantitative estimate of drug-likeness (QED) is 0.438. The van der Waals surface area contributed by atoms with Gasteiger partial charge in [0.25, 0.3) is 0 Å². The standard InChI is InChI=1S/C18H38O4/c1-5-6-7-8-9-10-11-12-20-14-17(3)22-15-18(4)21-13-16(2)19/h16-19H,5-15H2,1-4H3. The van der Waals surface area contributed by atoms with Gasteiger partial charge in [-0.05, 0) is 27.2 Å². The fourth-order valence-corrected chi connectivity index (χ4v) is 2.11. The number of aliphatic hydroxyl groups excluding tert-OH is 1. The molecule has 3 atom stereocenters. The second kappa shape index (κ2) is 15.7. The van der Waals surface area contributed by atoms with Gasteiger partial charge >= 0.3 is 0 Å². The third-order valence-electron chi connectivity index (χ3n) is 3.48. The molecule has 0 fully saturated rings. The van der Waals surface area contributed by atoms with E-state index in [-0.39, 0.29) is 12.2 Å². The van der Waals surface area contributed by atoms with Crippen LogP contribution < -0.4 is 0 Å². The van der Waals surface area contributed by atoms with Gasteiger partial charge in [-0.3, -0.25) is 0 Å². The van der Waals surface area contributed by atoms with Crippen LogP contribution in [0.4, 0.5) is 0 Å². The first-order valence-corrected chi connectivity index (χ1v) is 9.05. The lowest BCUT2D eigenvalue weighted by molar-refractivity contribution is -0.0701. The first-order valence-electron chi connectivity index (χ1n) is 9.05. The highest BCUT2D eigenvalue weighted by Crippen LogP contribution is 2.07. The van der Waals surface area contributed by atoms with Gasteiger partial charge in [0.1, 0.15) is 0 Å². The van der Waals surface area contributed by atoms with E-state index in [1.54, 1.807) is 6.92 Å². The average molecular weight is 318 g/mol. The van der Waals surface area contributed by atoms with E-state index < -0.39 is 6.10 Å². The third-order valence-corrected chi connectivity index (χ3v) is 3.48. The van der Waals surface area contributed by atoms with Crippen LogP contribution in [0.2, 0.25) is 0 Å². The first kappa shape index (κ1) is 21.8. The monoisotopic (exact) mass is 318 g/mol. The summed E-state index contributed by atoms with van der Waals surface area (Å²) in [4.78, 5) is 0. The fourth-order valence-electron chi connectivity index (χ4n) is 2.11. The topological polar surface area (TPSA) is 47.9 Å². The molecule has 134 valence electrons. The predicted molar refractivity (Wildman–Crippen MR) is 91.3 cm³/mol. The minimum absolute atomic E-state index is 0.000158. The van der Waals surface area contributed by atoms with Crippen molar-refractivity contribution in [2.24, 2.45) is 0 Å². The lowest BCUT2D eigenvalue weighted by Gasteiger charge is -2.18. The highest BCUT2D eigenvalue weighted by atomic mass is 16.6. The molecule has 1 N–H and O–H groups in total. The van der Waals surface area contributed by atoms with Gasteiger partial charge in [0.15, 0.2) is 0 Å². The van der Waals surface area contributed by atoms with Crippen molar-refractivity contribution in [1.82, 2.24) is 0 Å². The number of hydrogen-bond donors (Lipinski definition) is 1. The van der Waals surface area contributed by atoms with Gasteiger partial charge in [0.2, 0.25) is 0 Å². The molecular formula is C18H38O4. The average Bonchev–Trinajstić information content (AvgIpc) is 2.49. The van der Waals surface area contributed by atoms with Crippen molar-refractivity contribution >= 4 is 0 Å². The van der Waals surface area contributed by atoms with E-state index >= 15 is 0 Å². The first-order chi connectivity index (χ1) is 10.6. The van der Waals surface area contributed by atoms with E-state index in [0.717, 1.165) is 13.0 Å². The highest BCUT2D eigenvalue weighted by Gasteiger charge is 2.08. The molecule has 0 spiro atoms. The van der Waals surface area contributed by atoms with E-state index in [0.29, 0.717) is 19.8 Å². The minimum Gasteiger partial charge on any atom is -0.391 e. The number of rotatable bonds is 16. The van der Waals surface area contributed by atoms with Crippen molar-refractivity contribution in [1.29, 1.82) is 0 Å².